The van der Waals surface area contributed by atoms with E-state index in [1.807, 2.05) is 17.9 Å². The standard InChI is InChI=1S/C10H18N2O/c1-8-9(6-11-12(8)4)5-10(2,3)7-13/h6,13H,5,7H2,1-4H3. The van der Waals surface area contributed by atoms with Crippen LogP contribution in [0.5, 0.6) is 0 Å². The number of hydrogen-bond donors (Lipinski definition) is 1. The average Bonchev–Trinajstić information content (AvgIpc) is 2.36. The van der Waals surface area contributed by atoms with E-state index in [0.717, 1.165) is 6.42 Å². The molecule has 0 fully saturated rings. The summed E-state index contributed by atoms with van der Waals surface area (Å²) in [5, 5.41) is 13.3. The van der Waals surface area contributed by atoms with Gasteiger partial charge in [0.15, 0.2) is 0 Å². The lowest BCUT2D eigenvalue weighted by Crippen LogP contribution is -2.20. The van der Waals surface area contributed by atoms with Gasteiger partial charge in [0, 0.05) is 19.3 Å². The number of aryl methyl sites for hydroxylation is 1. The van der Waals surface area contributed by atoms with Gasteiger partial charge in [0.1, 0.15) is 0 Å². The smallest absolute Gasteiger partial charge is 0.0524 e. The molecule has 74 valence electrons. The zero-order chi connectivity index (χ0) is 10.1. The molecule has 13 heavy (non-hydrogen) atoms. The zero-order valence-electron chi connectivity index (χ0n) is 8.83. The van der Waals surface area contributed by atoms with E-state index in [1.54, 1.807) is 0 Å². The molecule has 0 atom stereocenters. The molecule has 0 aromatic carbocycles. The number of aromatic nitrogens is 2. The highest BCUT2D eigenvalue weighted by molar-refractivity contribution is 5.17. The molecule has 0 amide bonds. The van der Waals surface area contributed by atoms with Gasteiger partial charge in [-0.25, -0.2) is 0 Å². The lowest BCUT2D eigenvalue weighted by atomic mass is 9.87. The van der Waals surface area contributed by atoms with Gasteiger partial charge in [0.25, 0.3) is 0 Å². The Morgan fingerprint density at radius 2 is 2.15 bits per heavy atom. The molecular weight excluding hydrogens is 164 g/mol. The lowest BCUT2D eigenvalue weighted by Gasteiger charge is -2.20. The first-order chi connectivity index (χ1) is 5.96. The molecule has 0 aliphatic rings. The van der Waals surface area contributed by atoms with Crippen molar-refractivity contribution in [3.05, 3.63) is 17.5 Å². The third-order valence-electron chi connectivity index (χ3n) is 2.43. The Morgan fingerprint density at radius 3 is 2.54 bits per heavy atom. The second-order valence-corrected chi connectivity index (χ2v) is 4.38. The highest BCUT2D eigenvalue weighted by Gasteiger charge is 2.19. The molecule has 1 rings (SSSR count). The molecule has 1 aromatic heterocycles. The monoisotopic (exact) mass is 182 g/mol. The first-order valence-corrected chi connectivity index (χ1v) is 4.54. The second-order valence-electron chi connectivity index (χ2n) is 4.38. The molecular formula is C10H18N2O. The number of hydrogen-bond acceptors (Lipinski definition) is 2. The summed E-state index contributed by atoms with van der Waals surface area (Å²) in [4.78, 5) is 0. The highest BCUT2D eigenvalue weighted by atomic mass is 16.3. The summed E-state index contributed by atoms with van der Waals surface area (Å²) in [5.74, 6) is 0. The van der Waals surface area contributed by atoms with Crippen LogP contribution >= 0.6 is 0 Å². The average molecular weight is 182 g/mol. The topological polar surface area (TPSA) is 38.1 Å². The van der Waals surface area contributed by atoms with E-state index in [1.165, 1.54) is 11.3 Å². The van der Waals surface area contributed by atoms with Crippen molar-refractivity contribution < 1.29 is 5.11 Å². The second kappa shape index (κ2) is 3.50. The molecule has 0 bridgehead atoms. The molecule has 0 spiro atoms. The van der Waals surface area contributed by atoms with Crippen LogP contribution in [0.15, 0.2) is 6.20 Å². The molecule has 0 aliphatic carbocycles. The van der Waals surface area contributed by atoms with Gasteiger partial charge in [0.2, 0.25) is 0 Å². The van der Waals surface area contributed by atoms with Crippen LogP contribution < -0.4 is 0 Å². The fourth-order valence-corrected chi connectivity index (χ4v) is 1.29. The predicted octanol–water partition coefficient (Wildman–Crippen LogP) is 1.29. The largest absolute Gasteiger partial charge is 0.396 e. The van der Waals surface area contributed by atoms with Gasteiger partial charge < -0.3 is 5.11 Å². The maximum Gasteiger partial charge on any atom is 0.0524 e. The van der Waals surface area contributed by atoms with Crippen LogP contribution in [-0.2, 0) is 13.5 Å². The molecule has 1 N–H and O–H groups in total. The number of nitrogens with zero attached hydrogens (tertiary/aromatic N) is 2. The van der Waals surface area contributed by atoms with Crippen molar-refractivity contribution in [3.8, 4) is 0 Å². The minimum Gasteiger partial charge on any atom is -0.396 e. The van der Waals surface area contributed by atoms with E-state index in [-0.39, 0.29) is 12.0 Å². The van der Waals surface area contributed by atoms with Crippen LogP contribution in [0.25, 0.3) is 0 Å². The fraction of sp³-hybridized carbons (Fsp3) is 0.700. The van der Waals surface area contributed by atoms with Crippen LogP contribution in [0, 0.1) is 12.3 Å². The molecule has 1 heterocycles. The Morgan fingerprint density at radius 1 is 1.54 bits per heavy atom. The van der Waals surface area contributed by atoms with E-state index in [4.69, 9.17) is 5.11 Å². The normalized spacial score (nSPS) is 12.1. The Kier molecular flexibility index (Phi) is 2.76. The third-order valence-corrected chi connectivity index (χ3v) is 2.43. The van der Waals surface area contributed by atoms with Gasteiger partial charge in [-0.2, -0.15) is 5.10 Å². The van der Waals surface area contributed by atoms with Gasteiger partial charge in [-0.15, -0.1) is 0 Å². The van der Waals surface area contributed by atoms with Crippen LogP contribution in [0.1, 0.15) is 25.1 Å². The van der Waals surface area contributed by atoms with E-state index in [0.29, 0.717) is 0 Å². The van der Waals surface area contributed by atoms with Gasteiger partial charge in [-0.05, 0) is 24.3 Å². The predicted molar refractivity (Wildman–Crippen MR) is 52.5 cm³/mol. The number of rotatable bonds is 3. The Bertz CT molecular complexity index is 289. The maximum atomic E-state index is 9.13. The summed E-state index contributed by atoms with van der Waals surface area (Å²) in [7, 11) is 1.94. The van der Waals surface area contributed by atoms with Crippen molar-refractivity contribution in [2.45, 2.75) is 27.2 Å². The van der Waals surface area contributed by atoms with Gasteiger partial charge in [-0.1, -0.05) is 13.8 Å². The van der Waals surface area contributed by atoms with Crippen molar-refractivity contribution in [3.63, 3.8) is 0 Å². The lowest BCUT2D eigenvalue weighted by molar-refractivity contribution is 0.159. The van der Waals surface area contributed by atoms with Gasteiger partial charge in [-0.3, -0.25) is 4.68 Å². The van der Waals surface area contributed by atoms with Crippen molar-refractivity contribution in [1.82, 2.24) is 9.78 Å². The zero-order valence-corrected chi connectivity index (χ0v) is 8.83. The number of aliphatic hydroxyl groups excluding tert-OH is 1. The Balaban J connectivity index is 2.80. The SMILES string of the molecule is Cc1c(CC(C)(C)CO)cnn1C. The summed E-state index contributed by atoms with van der Waals surface area (Å²) in [6.07, 6.45) is 2.76. The Hall–Kier alpha value is -0.830. The van der Waals surface area contributed by atoms with Crippen molar-refractivity contribution in [1.29, 1.82) is 0 Å². The van der Waals surface area contributed by atoms with E-state index in [2.05, 4.69) is 25.9 Å². The van der Waals surface area contributed by atoms with Crippen LogP contribution in [0.2, 0.25) is 0 Å². The molecule has 3 nitrogen and oxygen atoms in total. The minimum absolute atomic E-state index is 0.0478. The molecule has 3 heteroatoms. The van der Waals surface area contributed by atoms with Crippen LogP contribution in [-0.4, -0.2) is 21.5 Å². The van der Waals surface area contributed by atoms with E-state index >= 15 is 0 Å². The van der Waals surface area contributed by atoms with E-state index in [9.17, 15) is 0 Å². The highest BCUT2D eigenvalue weighted by Crippen LogP contribution is 2.22. The first-order valence-electron chi connectivity index (χ1n) is 4.54. The summed E-state index contributed by atoms with van der Waals surface area (Å²) >= 11 is 0. The summed E-state index contributed by atoms with van der Waals surface area (Å²) < 4.78 is 1.86. The molecule has 0 aliphatic heterocycles. The fourth-order valence-electron chi connectivity index (χ4n) is 1.29. The summed E-state index contributed by atoms with van der Waals surface area (Å²) in [6, 6.07) is 0. The summed E-state index contributed by atoms with van der Waals surface area (Å²) in [6.45, 7) is 6.37. The molecule has 0 saturated carbocycles. The van der Waals surface area contributed by atoms with Gasteiger partial charge >= 0.3 is 0 Å². The van der Waals surface area contributed by atoms with Crippen molar-refractivity contribution >= 4 is 0 Å². The van der Waals surface area contributed by atoms with Gasteiger partial charge in [0.05, 0.1) is 6.20 Å². The van der Waals surface area contributed by atoms with Crippen LogP contribution in [0.4, 0.5) is 0 Å². The molecule has 0 radical (unpaired) electrons. The Labute approximate surface area is 79.4 Å². The van der Waals surface area contributed by atoms with E-state index < -0.39 is 0 Å². The maximum absolute atomic E-state index is 9.13. The minimum atomic E-state index is -0.0478. The molecule has 1 aromatic rings. The van der Waals surface area contributed by atoms with Crippen molar-refractivity contribution in [2.75, 3.05) is 6.61 Å². The molecule has 0 saturated heterocycles. The van der Waals surface area contributed by atoms with Crippen molar-refractivity contribution in [2.24, 2.45) is 12.5 Å². The summed E-state index contributed by atoms with van der Waals surface area (Å²) in [5.41, 5.74) is 2.36. The quantitative estimate of drug-likeness (QED) is 0.765. The number of aliphatic hydroxyl groups is 1. The third kappa shape index (κ3) is 2.31. The van der Waals surface area contributed by atoms with Crippen LogP contribution in [0.3, 0.4) is 0 Å². The first kappa shape index (κ1) is 10.3. The molecule has 0 unspecified atom stereocenters.